The fraction of sp³-hybridized carbons (Fsp3) is 0.111. The Morgan fingerprint density at radius 2 is 0.935 bits per heavy atom. The molecule has 0 amide bonds. The van der Waals surface area contributed by atoms with Crippen molar-refractivity contribution in [2.45, 2.75) is 5.60 Å². The van der Waals surface area contributed by atoms with Crippen LogP contribution >= 0.6 is 0 Å². The van der Waals surface area contributed by atoms with Crippen molar-refractivity contribution in [3.63, 3.8) is 0 Å². The summed E-state index contributed by atoms with van der Waals surface area (Å²) in [7, 11) is 4.01. The molecule has 1 N–H and O–H groups in total. The molecule has 0 aliphatic carbocycles. The zero-order chi connectivity index (χ0) is 21.7. The fourth-order valence-corrected chi connectivity index (χ4v) is 3.56. The van der Waals surface area contributed by atoms with E-state index in [1.54, 1.807) is 0 Å². The summed E-state index contributed by atoms with van der Waals surface area (Å²) in [6.45, 7) is 0. The Bertz CT molecular complexity index is 1100. The van der Waals surface area contributed by atoms with Crippen LogP contribution in [0.5, 0.6) is 0 Å². The second-order valence-corrected chi connectivity index (χ2v) is 7.60. The summed E-state index contributed by atoms with van der Waals surface area (Å²) >= 11 is 0. The standard InChI is InChI=1S/C27H25N3O/c1-30(2)26-19-17-25(18-20-26)29-28-24-15-13-23(14-16-24)27(31,21-9-5-3-6-10-21)22-11-7-4-8-12-22/h3-20,31H,1-2H3. The molecule has 0 heterocycles. The third-order valence-corrected chi connectivity index (χ3v) is 5.32. The van der Waals surface area contributed by atoms with Gasteiger partial charge in [-0.15, -0.1) is 0 Å². The van der Waals surface area contributed by atoms with E-state index in [0.717, 1.165) is 33.8 Å². The van der Waals surface area contributed by atoms with Crippen molar-refractivity contribution in [1.82, 2.24) is 0 Å². The Morgan fingerprint density at radius 1 is 0.548 bits per heavy atom. The first-order valence-electron chi connectivity index (χ1n) is 10.2. The molecule has 154 valence electrons. The molecule has 4 heteroatoms. The van der Waals surface area contributed by atoms with Gasteiger partial charge in [-0.2, -0.15) is 10.2 Å². The van der Waals surface area contributed by atoms with Gasteiger partial charge in [0.2, 0.25) is 0 Å². The number of rotatable bonds is 6. The van der Waals surface area contributed by atoms with E-state index in [2.05, 4.69) is 10.2 Å². The second-order valence-electron chi connectivity index (χ2n) is 7.60. The van der Waals surface area contributed by atoms with Gasteiger partial charge in [-0.1, -0.05) is 72.8 Å². The lowest BCUT2D eigenvalue weighted by atomic mass is 9.80. The molecule has 0 bridgehead atoms. The van der Waals surface area contributed by atoms with Gasteiger partial charge in [0, 0.05) is 19.8 Å². The average Bonchev–Trinajstić information content (AvgIpc) is 2.84. The molecule has 0 atom stereocenters. The molecular weight excluding hydrogens is 382 g/mol. The van der Waals surface area contributed by atoms with E-state index in [1.165, 1.54) is 0 Å². The van der Waals surface area contributed by atoms with Gasteiger partial charge in [0.1, 0.15) is 5.60 Å². The van der Waals surface area contributed by atoms with Crippen LogP contribution in [0.4, 0.5) is 17.1 Å². The van der Waals surface area contributed by atoms with Crippen LogP contribution in [0.25, 0.3) is 0 Å². The summed E-state index contributed by atoms with van der Waals surface area (Å²) in [5.41, 5.74) is 3.79. The van der Waals surface area contributed by atoms with Crippen molar-refractivity contribution in [1.29, 1.82) is 0 Å². The van der Waals surface area contributed by atoms with Crippen molar-refractivity contribution in [2.75, 3.05) is 19.0 Å². The maximum absolute atomic E-state index is 11.8. The fourth-order valence-electron chi connectivity index (χ4n) is 3.56. The zero-order valence-corrected chi connectivity index (χ0v) is 17.7. The highest BCUT2D eigenvalue weighted by molar-refractivity contribution is 5.53. The van der Waals surface area contributed by atoms with E-state index < -0.39 is 5.60 Å². The first-order valence-corrected chi connectivity index (χ1v) is 10.2. The van der Waals surface area contributed by atoms with Crippen LogP contribution in [0.3, 0.4) is 0 Å². The molecule has 0 saturated carbocycles. The third-order valence-electron chi connectivity index (χ3n) is 5.32. The Hall–Kier alpha value is -3.76. The topological polar surface area (TPSA) is 48.2 Å². The lowest BCUT2D eigenvalue weighted by Gasteiger charge is -2.30. The molecule has 4 aromatic carbocycles. The minimum Gasteiger partial charge on any atom is -0.378 e. The van der Waals surface area contributed by atoms with Gasteiger partial charge in [-0.05, 0) is 53.1 Å². The number of hydrogen-bond donors (Lipinski definition) is 1. The van der Waals surface area contributed by atoms with Crippen LogP contribution in [-0.2, 0) is 5.60 Å². The van der Waals surface area contributed by atoms with Crippen molar-refractivity contribution < 1.29 is 5.11 Å². The Morgan fingerprint density at radius 3 is 1.35 bits per heavy atom. The number of benzene rings is 4. The van der Waals surface area contributed by atoms with Crippen molar-refractivity contribution in [2.24, 2.45) is 10.2 Å². The number of anilines is 1. The minimum atomic E-state index is -1.25. The first-order chi connectivity index (χ1) is 15.1. The van der Waals surface area contributed by atoms with E-state index in [4.69, 9.17) is 0 Å². The average molecular weight is 408 g/mol. The normalized spacial score (nSPS) is 11.6. The Kier molecular flexibility index (Phi) is 5.92. The van der Waals surface area contributed by atoms with Crippen LogP contribution < -0.4 is 4.90 Å². The van der Waals surface area contributed by atoms with E-state index in [-0.39, 0.29) is 0 Å². The maximum atomic E-state index is 11.8. The molecule has 4 nitrogen and oxygen atoms in total. The first kappa shape index (κ1) is 20.5. The van der Waals surface area contributed by atoms with Crippen LogP contribution in [0, 0.1) is 0 Å². The molecular formula is C27H25N3O. The van der Waals surface area contributed by atoms with E-state index in [9.17, 15) is 5.11 Å². The summed E-state index contributed by atoms with van der Waals surface area (Å²) in [5, 5.41) is 20.5. The number of azo groups is 1. The predicted octanol–water partition coefficient (Wildman–Crippen LogP) is 6.45. The molecule has 0 spiro atoms. The predicted molar refractivity (Wildman–Crippen MR) is 126 cm³/mol. The summed E-state index contributed by atoms with van der Waals surface area (Å²) < 4.78 is 0. The molecule has 0 unspecified atom stereocenters. The maximum Gasteiger partial charge on any atom is 0.140 e. The smallest absolute Gasteiger partial charge is 0.140 e. The summed E-state index contributed by atoms with van der Waals surface area (Å²) in [6, 6.07) is 34.9. The molecule has 0 aliphatic heterocycles. The number of aliphatic hydroxyl groups is 1. The molecule has 4 aromatic rings. The van der Waals surface area contributed by atoms with E-state index >= 15 is 0 Å². The second kappa shape index (κ2) is 8.94. The molecule has 31 heavy (non-hydrogen) atoms. The molecule has 0 fully saturated rings. The van der Waals surface area contributed by atoms with Crippen molar-refractivity contribution in [3.05, 3.63) is 126 Å². The summed E-state index contributed by atoms with van der Waals surface area (Å²) in [5.74, 6) is 0. The molecule has 4 rings (SSSR count). The third kappa shape index (κ3) is 4.39. The van der Waals surface area contributed by atoms with Gasteiger partial charge >= 0.3 is 0 Å². The molecule has 0 aliphatic rings. The monoisotopic (exact) mass is 407 g/mol. The molecule has 0 saturated heterocycles. The van der Waals surface area contributed by atoms with Crippen LogP contribution in [0.2, 0.25) is 0 Å². The minimum absolute atomic E-state index is 0.726. The highest BCUT2D eigenvalue weighted by Crippen LogP contribution is 2.37. The van der Waals surface area contributed by atoms with Gasteiger partial charge in [0.05, 0.1) is 11.4 Å². The van der Waals surface area contributed by atoms with Gasteiger partial charge in [-0.25, -0.2) is 0 Å². The summed E-state index contributed by atoms with van der Waals surface area (Å²) in [6.07, 6.45) is 0. The molecule has 0 radical (unpaired) electrons. The van der Waals surface area contributed by atoms with E-state index in [0.29, 0.717) is 0 Å². The Labute approximate surface area is 183 Å². The van der Waals surface area contributed by atoms with Crippen LogP contribution in [0.1, 0.15) is 16.7 Å². The largest absolute Gasteiger partial charge is 0.378 e. The number of nitrogens with zero attached hydrogens (tertiary/aromatic N) is 3. The van der Waals surface area contributed by atoms with Crippen molar-refractivity contribution >= 4 is 17.1 Å². The lowest BCUT2D eigenvalue weighted by molar-refractivity contribution is 0.126. The zero-order valence-electron chi connectivity index (χ0n) is 17.7. The highest BCUT2D eigenvalue weighted by atomic mass is 16.3. The quantitative estimate of drug-likeness (QED) is 0.295. The van der Waals surface area contributed by atoms with Gasteiger partial charge in [0.25, 0.3) is 0 Å². The van der Waals surface area contributed by atoms with E-state index in [1.807, 2.05) is 128 Å². The van der Waals surface area contributed by atoms with Gasteiger partial charge in [0.15, 0.2) is 0 Å². The highest BCUT2D eigenvalue weighted by Gasteiger charge is 2.33. The summed E-state index contributed by atoms with van der Waals surface area (Å²) in [4.78, 5) is 2.04. The van der Waals surface area contributed by atoms with Crippen LogP contribution in [-0.4, -0.2) is 19.2 Å². The Balaban J connectivity index is 1.63. The lowest BCUT2D eigenvalue weighted by Crippen LogP contribution is -2.28. The van der Waals surface area contributed by atoms with Gasteiger partial charge < -0.3 is 10.0 Å². The van der Waals surface area contributed by atoms with Crippen molar-refractivity contribution in [3.8, 4) is 0 Å². The van der Waals surface area contributed by atoms with Crippen LogP contribution in [0.15, 0.2) is 119 Å². The molecule has 0 aromatic heterocycles. The van der Waals surface area contributed by atoms with Gasteiger partial charge in [-0.3, -0.25) is 0 Å². The SMILES string of the molecule is CN(C)c1ccc(N=Nc2ccc(C(O)(c3ccccc3)c3ccccc3)cc2)cc1. The number of hydrogen-bond acceptors (Lipinski definition) is 4.